The second-order valence-electron chi connectivity index (χ2n) is 6.47. The van der Waals surface area contributed by atoms with Crippen LogP contribution in [0.15, 0.2) is 30.3 Å². The Balaban J connectivity index is 1.86. The van der Waals surface area contributed by atoms with Crippen LogP contribution in [0, 0.1) is 0 Å². The maximum Gasteiger partial charge on any atom is 0.204 e. The first-order chi connectivity index (χ1) is 9.96. The maximum absolute atomic E-state index is 4.48. The van der Waals surface area contributed by atoms with Gasteiger partial charge in [-0.1, -0.05) is 30.3 Å². The first-order valence-corrected chi connectivity index (χ1v) is 7.56. The largest absolute Gasteiger partial charge is 0.312 e. The molecule has 0 fully saturated rings. The summed E-state index contributed by atoms with van der Waals surface area (Å²) in [4.78, 5) is 1.72. The van der Waals surface area contributed by atoms with E-state index in [9.17, 15) is 0 Å². The van der Waals surface area contributed by atoms with Crippen LogP contribution in [0.3, 0.4) is 0 Å². The first kappa shape index (κ1) is 15.6. The van der Waals surface area contributed by atoms with Crippen molar-refractivity contribution in [2.45, 2.75) is 52.1 Å². The fraction of sp³-hybridized carbons (Fsp3) is 0.562. The van der Waals surface area contributed by atoms with E-state index >= 15 is 0 Å². The molecule has 1 aromatic carbocycles. The van der Waals surface area contributed by atoms with Crippen molar-refractivity contribution < 1.29 is 0 Å². The minimum absolute atomic E-state index is 0.176. The van der Waals surface area contributed by atoms with E-state index in [-0.39, 0.29) is 11.6 Å². The van der Waals surface area contributed by atoms with Crippen LogP contribution in [0.25, 0.3) is 11.4 Å². The lowest BCUT2D eigenvalue weighted by atomic mass is 10.1. The van der Waals surface area contributed by atoms with Crippen LogP contribution in [0.1, 0.15) is 46.6 Å². The quantitative estimate of drug-likeness (QED) is 0.830. The van der Waals surface area contributed by atoms with Crippen LogP contribution in [0.4, 0.5) is 0 Å². The maximum atomic E-state index is 4.48. The van der Waals surface area contributed by atoms with Crippen LogP contribution >= 0.6 is 0 Å². The molecule has 1 N–H and O–H groups in total. The van der Waals surface area contributed by atoms with Gasteiger partial charge < -0.3 is 5.32 Å². The highest BCUT2D eigenvalue weighted by molar-refractivity contribution is 5.52. The van der Waals surface area contributed by atoms with Crippen LogP contribution in [0.5, 0.6) is 0 Å². The van der Waals surface area contributed by atoms with Gasteiger partial charge in [0.2, 0.25) is 5.82 Å². The number of nitrogens with zero attached hydrogens (tertiary/aromatic N) is 4. The average Bonchev–Trinajstić information content (AvgIpc) is 2.93. The van der Waals surface area contributed by atoms with E-state index in [1.807, 2.05) is 30.3 Å². The van der Waals surface area contributed by atoms with Gasteiger partial charge in [-0.15, -0.1) is 10.2 Å². The standard InChI is InChI=1S/C16H25N5/c1-13(9-8-12-17-16(2,3)4)21-19-15(18-20-21)14-10-6-5-7-11-14/h5-7,10-11,13,17H,8-9,12H2,1-4H3. The summed E-state index contributed by atoms with van der Waals surface area (Å²) in [5.41, 5.74) is 1.18. The normalized spacial score (nSPS) is 13.3. The van der Waals surface area contributed by atoms with Crippen molar-refractivity contribution in [2.24, 2.45) is 0 Å². The SMILES string of the molecule is CC(CCCNC(C)(C)C)n1nnc(-c2ccccc2)n1. The van der Waals surface area contributed by atoms with Gasteiger partial charge in [-0.2, -0.15) is 4.80 Å². The molecule has 0 aliphatic carbocycles. The third kappa shape index (κ3) is 4.93. The van der Waals surface area contributed by atoms with Crippen molar-refractivity contribution in [3.05, 3.63) is 30.3 Å². The van der Waals surface area contributed by atoms with Gasteiger partial charge in [0.05, 0.1) is 6.04 Å². The second kappa shape index (κ2) is 6.80. The minimum Gasteiger partial charge on any atom is -0.312 e. The highest BCUT2D eigenvalue weighted by atomic mass is 15.6. The summed E-state index contributed by atoms with van der Waals surface area (Å²) in [5, 5.41) is 16.3. The predicted molar refractivity (Wildman–Crippen MR) is 85.0 cm³/mol. The highest BCUT2D eigenvalue weighted by Gasteiger charge is 2.12. The third-order valence-corrected chi connectivity index (χ3v) is 3.31. The lowest BCUT2D eigenvalue weighted by Crippen LogP contribution is -2.36. The molecular weight excluding hydrogens is 262 g/mol. The van der Waals surface area contributed by atoms with Crippen molar-refractivity contribution >= 4 is 0 Å². The Labute approximate surface area is 126 Å². The van der Waals surface area contributed by atoms with Crippen LogP contribution in [-0.2, 0) is 0 Å². The fourth-order valence-electron chi connectivity index (χ4n) is 2.09. The van der Waals surface area contributed by atoms with Gasteiger partial charge in [-0.3, -0.25) is 0 Å². The fourth-order valence-corrected chi connectivity index (χ4v) is 2.09. The molecule has 1 heterocycles. The topological polar surface area (TPSA) is 55.6 Å². The summed E-state index contributed by atoms with van der Waals surface area (Å²) < 4.78 is 0. The van der Waals surface area contributed by atoms with Gasteiger partial charge in [0.15, 0.2) is 0 Å². The Morgan fingerprint density at radius 1 is 1.19 bits per heavy atom. The molecule has 0 aliphatic heterocycles. The molecule has 0 amide bonds. The molecule has 0 saturated carbocycles. The van der Waals surface area contributed by atoms with Crippen LogP contribution in [-0.4, -0.2) is 32.3 Å². The van der Waals surface area contributed by atoms with Gasteiger partial charge in [0, 0.05) is 11.1 Å². The number of aromatic nitrogens is 4. The number of nitrogens with one attached hydrogen (secondary N) is 1. The van der Waals surface area contributed by atoms with E-state index in [4.69, 9.17) is 0 Å². The molecule has 1 atom stereocenters. The molecule has 0 spiro atoms. The Bertz CT molecular complexity index is 541. The lowest BCUT2D eigenvalue weighted by molar-refractivity contribution is 0.366. The number of hydrogen-bond acceptors (Lipinski definition) is 4. The number of hydrogen-bond donors (Lipinski definition) is 1. The van der Waals surface area contributed by atoms with Crippen molar-refractivity contribution in [1.29, 1.82) is 0 Å². The van der Waals surface area contributed by atoms with Gasteiger partial charge in [0.1, 0.15) is 0 Å². The molecule has 5 heteroatoms. The zero-order valence-corrected chi connectivity index (χ0v) is 13.4. The molecule has 1 unspecified atom stereocenters. The van der Waals surface area contributed by atoms with Crippen LogP contribution < -0.4 is 5.32 Å². The third-order valence-electron chi connectivity index (χ3n) is 3.31. The Morgan fingerprint density at radius 3 is 2.57 bits per heavy atom. The summed E-state index contributed by atoms with van der Waals surface area (Å²) in [6.07, 6.45) is 2.13. The smallest absolute Gasteiger partial charge is 0.204 e. The summed E-state index contributed by atoms with van der Waals surface area (Å²) >= 11 is 0. The van der Waals surface area contributed by atoms with Crippen molar-refractivity contribution in [1.82, 2.24) is 25.5 Å². The van der Waals surface area contributed by atoms with E-state index in [1.165, 1.54) is 0 Å². The first-order valence-electron chi connectivity index (χ1n) is 7.56. The minimum atomic E-state index is 0.176. The number of tetrazole rings is 1. The zero-order valence-electron chi connectivity index (χ0n) is 13.4. The van der Waals surface area contributed by atoms with E-state index in [0.717, 1.165) is 24.9 Å². The summed E-state index contributed by atoms with van der Waals surface area (Å²) in [5.74, 6) is 0.690. The average molecular weight is 287 g/mol. The van der Waals surface area contributed by atoms with E-state index < -0.39 is 0 Å². The lowest BCUT2D eigenvalue weighted by Gasteiger charge is -2.20. The molecule has 21 heavy (non-hydrogen) atoms. The molecule has 0 saturated heterocycles. The van der Waals surface area contributed by atoms with E-state index in [0.29, 0.717) is 5.82 Å². The molecule has 5 nitrogen and oxygen atoms in total. The van der Waals surface area contributed by atoms with Gasteiger partial charge >= 0.3 is 0 Å². The Hall–Kier alpha value is -1.75. The molecular formula is C16H25N5. The van der Waals surface area contributed by atoms with Gasteiger partial charge in [-0.05, 0) is 52.3 Å². The van der Waals surface area contributed by atoms with Crippen LogP contribution in [0.2, 0.25) is 0 Å². The monoisotopic (exact) mass is 287 g/mol. The summed E-state index contributed by atoms with van der Waals surface area (Å²) in [6.45, 7) is 9.69. The van der Waals surface area contributed by atoms with Crippen molar-refractivity contribution in [2.75, 3.05) is 6.54 Å². The van der Waals surface area contributed by atoms with E-state index in [2.05, 4.69) is 48.4 Å². The molecule has 114 valence electrons. The highest BCUT2D eigenvalue weighted by Crippen LogP contribution is 2.15. The molecule has 1 aromatic heterocycles. The molecule has 2 aromatic rings. The van der Waals surface area contributed by atoms with E-state index in [1.54, 1.807) is 4.80 Å². The summed E-state index contributed by atoms with van der Waals surface area (Å²) in [7, 11) is 0. The molecule has 0 aliphatic rings. The Kier molecular flexibility index (Phi) is 5.07. The number of rotatable bonds is 6. The van der Waals surface area contributed by atoms with Gasteiger partial charge in [-0.25, -0.2) is 0 Å². The zero-order chi connectivity index (χ0) is 15.3. The van der Waals surface area contributed by atoms with Crippen molar-refractivity contribution in [3.8, 4) is 11.4 Å². The molecule has 0 bridgehead atoms. The van der Waals surface area contributed by atoms with Crippen molar-refractivity contribution in [3.63, 3.8) is 0 Å². The molecule has 0 radical (unpaired) electrons. The second-order valence-corrected chi connectivity index (χ2v) is 6.47. The summed E-state index contributed by atoms with van der Waals surface area (Å²) in [6, 6.07) is 10.2. The Morgan fingerprint density at radius 2 is 1.90 bits per heavy atom. The van der Waals surface area contributed by atoms with Gasteiger partial charge in [0.25, 0.3) is 0 Å². The molecule has 2 rings (SSSR count). The number of benzene rings is 1. The predicted octanol–water partition coefficient (Wildman–Crippen LogP) is 3.07.